The van der Waals surface area contributed by atoms with Crippen LogP contribution in [0.2, 0.25) is 0 Å². The molecule has 1 saturated heterocycles. The highest BCUT2D eigenvalue weighted by molar-refractivity contribution is 6.03. The lowest BCUT2D eigenvalue weighted by atomic mass is 10.0. The topological polar surface area (TPSA) is 84.4 Å². The number of carbonyl (C=O) groups excluding carboxylic acids is 2. The van der Waals surface area contributed by atoms with E-state index in [-0.39, 0.29) is 11.6 Å². The van der Waals surface area contributed by atoms with Gasteiger partial charge in [0.2, 0.25) is 5.88 Å². The first-order valence-corrected chi connectivity index (χ1v) is 10.8. The highest BCUT2D eigenvalue weighted by atomic mass is 19.4. The Morgan fingerprint density at radius 1 is 1.00 bits per heavy atom. The van der Waals surface area contributed by atoms with Gasteiger partial charge < -0.3 is 9.64 Å². The Kier molecular flexibility index (Phi) is 7.09. The maximum absolute atomic E-state index is 12.7. The highest BCUT2D eigenvalue weighted by Crippen LogP contribution is 2.30. The predicted molar refractivity (Wildman–Crippen MR) is 122 cm³/mol. The Hall–Kier alpha value is -4.21. The van der Waals surface area contributed by atoms with Crippen LogP contribution in [0.25, 0.3) is 6.08 Å². The number of amides is 3. The second kappa shape index (κ2) is 10.4. The normalized spacial score (nSPS) is 13.8. The van der Waals surface area contributed by atoms with Gasteiger partial charge in [-0.2, -0.15) is 13.2 Å². The Morgan fingerprint density at radius 2 is 1.80 bits per heavy atom. The molecule has 1 aliphatic heterocycles. The Bertz CT molecular complexity index is 1220. The van der Waals surface area contributed by atoms with Crippen molar-refractivity contribution in [3.05, 3.63) is 89.4 Å². The molecule has 2 aromatic heterocycles. The fourth-order valence-electron chi connectivity index (χ4n) is 3.51. The molecule has 3 aromatic rings. The maximum atomic E-state index is 12.7. The van der Waals surface area contributed by atoms with Crippen molar-refractivity contribution in [2.24, 2.45) is 0 Å². The summed E-state index contributed by atoms with van der Waals surface area (Å²) in [6.45, 7) is 0.914. The number of pyridine rings is 2. The number of piperidine rings is 1. The number of nitrogens with one attached hydrogen (secondary N) is 1. The molecule has 0 saturated carbocycles. The van der Waals surface area contributed by atoms with E-state index < -0.39 is 23.7 Å². The molecule has 1 aliphatic rings. The van der Waals surface area contributed by atoms with Crippen molar-refractivity contribution < 1.29 is 27.5 Å². The lowest BCUT2D eigenvalue weighted by molar-refractivity contribution is -0.137. The molecule has 35 heavy (non-hydrogen) atoms. The van der Waals surface area contributed by atoms with Gasteiger partial charge in [0.15, 0.2) is 0 Å². The summed E-state index contributed by atoms with van der Waals surface area (Å²) in [6.07, 6.45) is 1.02. The Balaban J connectivity index is 1.33. The van der Waals surface area contributed by atoms with Gasteiger partial charge in [-0.15, -0.1) is 0 Å². The third-order valence-corrected chi connectivity index (χ3v) is 5.33. The summed E-state index contributed by atoms with van der Waals surface area (Å²) in [7, 11) is 0. The van der Waals surface area contributed by atoms with Crippen molar-refractivity contribution in [1.29, 1.82) is 0 Å². The van der Waals surface area contributed by atoms with Crippen LogP contribution in [0.5, 0.6) is 11.6 Å². The van der Waals surface area contributed by atoms with Crippen molar-refractivity contribution in [3.8, 4) is 11.6 Å². The number of imide groups is 1. The van der Waals surface area contributed by atoms with Gasteiger partial charge in [-0.25, -0.2) is 9.78 Å². The zero-order valence-electron chi connectivity index (χ0n) is 18.5. The summed E-state index contributed by atoms with van der Waals surface area (Å²) in [5.74, 6) is -0.0462. The number of urea groups is 1. The molecule has 0 bridgehead atoms. The average molecular weight is 482 g/mol. The zero-order chi connectivity index (χ0) is 24.8. The number of benzene rings is 1. The number of ether oxygens (including phenoxy) is 1. The summed E-state index contributed by atoms with van der Waals surface area (Å²) in [6, 6.07) is 13.6. The van der Waals surface area contributed by atoms with E-state index in [1.165, 1.54) is 18.3 Å². The predicted octanol–water partition coefficient (Wildman–Crippen LogP) is 5.32. The third-order valence-electron chi connectivity index (χ3n) is 5.33. The molecule has 3 amide bonds. The monoisotopic (exact) mass is 482 g/mol. The molecule has 0 radical (unpaired) electrons. The van der Waals surface area contributed by atoms with Crippen molar-refractivity contribution in [2.75, 3.05) is 13.1 Å². The number of rotatable bonds is 4. The number of likely N-dealkylation sites (tertiary alicyclic amines) is 1. The Labute approximate surface area is 199 Å². The fourth-order valence-corrected chi connectivity index (χ4v) is 3.51. The first-order valence-electron chi connectivity index (χ1n) is 10.8. The molecule has 7 nitrogen and oxygen atoms in total. The molecule has 1 aromatic carbocycles. The summed E-state index contributed by atoms with van der Waals surface area (Å²) in [5.41, 5.74) is 1.30. The molecule has 0 aliphatic carbocycles. The molecule has 1 N–H and O–H groups in total. The van der Waals surface area contributed by atoms with E-state index in [1.807, 2.05) is 12.1 Å². The van der Waals surface area contributed by atoms with Gasteiger partial charge in [0.25, 0.3) is 5.91 Å². The standard InChI is InChI=1S/C25H21F3N4O3/c26-25(27,28)19-7-8-22(30-16-19)35-20-5-3-4-18(15-20)14-17-9-12-32(13-10-17)24(34)31-23(33)21-6-1-2-11-29-21/h1-8,11,14-16H,9-10,12-13H2,(H,31,33,34). The fraction of sp³-hybridized carbons (Fsp3) is 0.200. The van der Waals surface area contributed by atoms with E-state index in [9.17, 15) is 22.8 Å². The summed E-state index contributed by atoms with van der Waals surface area (Å²) in [4.78, 5) is 33.8. The van der Waals surface area contributed by atoms with E-state index in [4.69, 9.17) is 4.74 Å². The number of carbonyl (C=O) groups is 2. The van der Waals surface area contributed by atoms with E-state index in [2.05, 4.69) is 15.3 Å². The van der Waals surface area contributed by atoms with Crippen LogP contribution in [0.4, 0.5) is 18.0 Å². The molecule has 0 atom stereocenters. The smallest absolute Gasteiger partial charge is 0.417 e. The van der Waals surface area contributed by atoms with Crippen LogP contribution in [0, 0.1) is 0 Å². The van der Waals surface area contributed by atoms with Crippen molar-refractivity contribution in [3.63, 3.8) is 0 Å². The van der Waals surface area contributed by atoms with Crippen LogP contribution >= 0.6 is 0 Å². The van der Waals surface area contributed by atoms with Gasteiger partial charge in [-0.05, 0) is 48.7 Å². The number of aromatic nitrogens is 2. The first kappa shape index (κ1) is 23.9. The van der Waals surface area contributed by atoms with Crippen molar-refractivity contribution in [2.45, 2.75) is 19.0 Å². The van der Waals surface area contributed by atoms with Gasteiger partial charge in [-0.1, -0.05) is 29.8 Å². The van der Waals surface area contributed by atoms with Gasteiger partial charge in [0, 0.05) is 31.5 Å². The second-order valence-electron chi connectivity index (χ2n) is 7.82. The van der Waals surface area contributed by atoms with Gasteiger partial charge in [0.1, 0.15) is 11.4 Å². The summed E-state index contributed by atoms with van der Waals surface area (Å²) >= 11 is 0. The number of alkyl halides is 3. The number of nitrogens with zero attached hydrogens (tertiary/aromatic N) is 3. The van der Waals surface area contributed by atoms with Crippen LogP contribution in [0.3, 0.4) is 0 Å². The van der Waals surface area contributed by atoms with Gasteiger partial charge in [0.05, 0.1) is 5.56 Å². The molecule has 4 rings (SSSR count). The summed E-state index contributed by atoms with van der Waals surface area (Å²) in [5, 5.41) is 2.35. The molecule has 3 heterocycles. The Morgan fingerprint density at radius 3 is 2.46 bits per heavy atom. The lowest BCUT2D eigenvalue weighted by Gasteiger charge is -2.28. The van der Waals surface area contributed by atoms with Gasteiger partial charge >= 0.3 is 12.2 Å². The number of halogens is 3. The van der Waals surface area contributed by atoms with E-state index in [1.54, 1.807) is 35.2 Å². The molecule has 0 unspecified atom stereocenters. The molecule has 180 valence electrons. The van der Waals surface area contributed by atoms with Crippen LogP contribution in [-0.4, -0.2) is 39.9 Å². The van der Waals surface area contributed by atoms with Crippen LogP contribution in [0.1, 0.15) is 34.5 Å². The van der Waals surface area contributed by atoms with Crippen molar-refractivity contribution >= 4 is 18.0 Å². The molecular formula is C25H21F3N4O3. The molecule has 0 spiro atoms. The number of hydrogen-bond donors (Lipinski definition) is 1. The highest BCUT2D eigenvalue weighted by Gasteiger charge is 2.30. The van der Waals surface area contributed by atoms with Crippen LogP contribution in [0.15, 0.2) is 72.6 Å². The second-order valence-corrected chi connectivity index (χ2v) is 7.82. The van der Waals surface area contributed by atoms with Gasteiger partial charge in [-0.3, -0.25) is 15.1 Å². The largest absolute Gasteiger partial charge is 0.439 e. The molecular weight excluding hydrogens is 461 g/mol. The molecule has 10 heteroatoms. The quantitative estimate of drug-likeness (QED) is 0.544. The SMILES string of the molecule is O=C(NC(=O)N1CCC(=Cc2cccc(Oc3ccc(C(F)(F)F)cn3)c2)CC1)c1ccccn1. The summed E-state index contributed by atoms with van der Waals surface area (Å²) < 4.78 is 43.7. The minimum absolute atomic E-state index is 0.0578. The first-order chi connectivity index (χ1) is 16.8. The minimum atomic E-state index is -4.46. The van der Waals surface area contributed by atoms with E-state index in [0.717, 1.165) is 23.4 Å². The molecule has 1 fully saturated rings. The average Bonchev–Trinajstić information content (AvgIpc) is 2.85. The minimum Gasteiger partial charge on any atom is -0.439 e. The van der Waals surface area contributed by atoms with Crippen LogP contribution in [-0.2, 0) is 6.18 Å². The van der Waals surface area contributed by atoms with E-state index >= 15 is 0 Å². The third kappa shape index (κ3) is 6.44. The zero-order valence-corrected chi connectivity index (χ0v) is 18.5. The maximum Gasteiger partial charge on any atom is 0.417 e. The number of hydrogen-bond acceptors (Lipinski definition) is 5. The van der Waals surface area contributed by atoms with Crippen molar-refractivity contribution in [1.82, 2.24) is 20.2 Å². The lowest BCUT2D eigenvalue weighted by Crippen LogP contribution is -2.45. The van der Waals surface area contributed by atoms with E-state index in [0.29, 0.717) is 31.7 Å². The van der Waals surface area contributed by atoms with Crippen LogP contribution < -0.4 is 10.1 Å².